The van der Waals surface area contributed by atoms with Crippen LogP contribution in [-0.4, -0.2) is 46.7 Å². The number of halogens is 1. The van der Waals surface area contributed by atoms with E-state index >= 15 is 0 Å². The number of carbonyl (C=O) groups excluding carboxylic acids is 4. The van der Waals surface area contributed by atoms with Gasteiger partial charge in [-0.1, -0.05) is 23.7 Å². The fraction of sp³-hybridized carbons (Fsp3) is 0.120. The summed E-state index contributed by atoms with van der Waals surface area (Å²) in [6.45, 7) is 1.48. The molecule has 166 valence electrons. The van der Waals surface area contributed by atoms with Gasteiger partial charge >= 0.3 is 0 Å². The third kappa shape index (κ3) is 3.99. The van der Waals surface area contributed by atoms with Crippen LogP contribution in [-0.2, 0) is 0 Å². The van der Waals surface area contributed by atoms with E-state index in [0.29, 0.717) is 16.3 Å². The van der Waals surface area contributed by atoms with Crippen LogP contribution in [0.25, 0.3) is 0 Å². The van der Waals surface area contributed by atoms with Gasteiger partial charge in [0.25, 0.3) is 17.7 Å². The summed E-state index contributed by atoms with van der Waals surface area (Å²) in [6, 6.07) is 17.5. The van der Waals surface area contributed by atoms with Crippen molar-refractivity contribution in [3.8, 4) is 5.75 Å². The van der Waals surface area contributed by atoms with E-state index in [9.17, 15) is 19.2 Å². The number of methoxy groups -OCH3 is 1. The molecule has 7 nitrogen and oxygen atoms in total. The maximum absolute atomic E-state index is 13.5. The van der Waals surface area contributed by atoms with Gasteiger partial charge in [0.15, 0.2) is 5.78 Å². The Morgan fingerprint density at radius 3 is 1.88 bits per heavy atom. The first-order valence-electron chi connectivity index (χ1n) is 10.1. The zero-order chi connectivity index (χ0) is 23.7. The normalized spacial score (nSPS) is 13.5. The molecule has 0 aliphatic carbocycles. The average Bonchev–Trinajstić information content (AvgIpc) is 3.09. The lowest BCUT2D eigenvalue weighted by atomic mass is 10.0. The summed E-state index contributed by atoms with van der Waals surface area (Å²) < 4.78 is 5.12. The molecule has 0 radical (unpaired) electrons. The molecule has 4 rings (SSSR count). The zero-order valence-corrected chi connectivity index (χ0v) is 18.6. The molecule has 0 N–H and O–H groups in total. The number of carbonyl (C=O) groups is 4. The van der Waals surface area contributed by atoms with Crippen LogP contribution in [0.1, 0.15) is 48.4 Å². The van der Waals surface area contributed by atoms with Gasteiger partial charge in [0.2, 0.25) is 0 Å². The molecule has 0 bridgehead atoms. The highest BCUT2D eigenvalue weighted by Gasteiger charge is 2.44. The Morgan fingerprint density at radius 1 is 0.848 bits per heavy atom. The molecule has 1 atom stereocenters. The van der Waals surface area contributed by atoms with Gasteiger partial charge in [0, 0.05) is 16.1 Å². The number of hydrazine groups is 1. The van der Waals surface area contributed by atoms with Gasteiger partial charge in [-0.15, -0.1) is 0 Å². The number of ketones is 1. The van der Waals surface area contributed by atoms with Crippen molar-refractivity contribution in [2.24, 2.45) is 0 Å². The Balaban J connectivity index is 1.76. The van der Waals surface area contributed by atoms with Crippen molar-refractivity contribution >= 4 is 35.1 Å². The summed E-state index contributed by atoms with van der Waals surface area (Å²) in [7, 11) is 1.51. The molecule has 0 spiro atoms. The van der Waals surface area contributed by atoms with Gasteiger partial charge < -0.3 is 4.74 Å². The summed E-state index contributed by atoms with van der Waals surface area (Å²) in [6.07, 6.45) is 0. The summed E-state index contributed by atoms with van der Waals surface area (Å²) in [5.74, 6) is -1.92. The molecule has 8 heteroatoms. The van der Waals surface area contributed by atoms with Crippen LogP contribution in [0.2, 0.25) is 5.02 Å². The Kier molecular flexibility index (Phi) is 5.98. The molecular weight excluding hydrogens is 444 g/mol. The average molecular weight is 463 g/mol. The highest BCUT2D eigenvalue weighted by Crippen LogP contribution is 2.28. The number of rotatable bonds is 6. The van der Waals surface area contributed by atoms with Crippen molar-refractivity contribution in [2.45, 2.75) is 13.0 Å². The van der Waals surface area contributed by atoms with Crippen LogP contribution in [0.15, 0.2) is 72.8 Å². The molecule has 3 amide bonds. The Morgan fingerprint density at radius 2 is 1.36 bits per heavy atom. The first kappa shape index (κ1) is 22.2. The van der Waals surface area contributed by atoms with Crippen LogP contribution < -0.4 is 4.74 Å². The molecule has 0 saturated carbocycles. The van der Waals surface area contributed by atoms with E-state index in [1.165, 1.54) is 50.4 Å². The van der Waals surface area contributed by atoms with Crippen molar-refractivity contribution in [3.63, 3.8) is 0 Å². The number of amides is 3. The monoisotopic (exact) mass is 462 g/mol. The number of nitrogens with zero attached hydrogens (tertiary/aromatic N) is 2. The molecule has 1 aliphatic rings. The van der Waals surface area contributed by atoms with E-state index in [-0.39, 0.29) is 16.7 Å². The Hall–Kier alpha value is -3.97. The molecule has 3 aromatic rings. The Bertz CT molecular complexity index is 1220. The lowest BCUT2D eigenvalue weighted by Gasteiger charge is -2.34. The minimum atomic E-state index is -1.16. The third-order valence-electron chi connectivity index (χ3n) is 5.41. The van der Waals surface area contributed by atoms with Crippen molar-refractivity contribution in [1.82, 2.24) is 10.0 Å². The second kappa shape index (κ2) is 8.88. The van der Waals surface area contributed by atoms with Crippen molar-refractivity contribution < 1.29 is 23.9 Å². The summed E-state index contributed by atoms with van der Waals surface area (Å²) in [5.41, 5.74) is 0.806. The standard InChI is InChI=1S/C25H19ClN2O5/c1-15(22(29)16-9-13-19(33-2)14-10-16)27(23(30)17-7-11-18(26)12-8-17)28-24(31)20-5-3-4-6-21(20)25(28)32/h3-15H,1-2H3/t15-/m0/s1. The quantitative estimate of drug-likeness (QED) is 0.403. The summed E-state index contributed by atoms with van der Waals surface area (Å²) in [4.78, 5) is 53.1. The van der Waals surface area contributed by atoms with Crippen molar-refractivity contribution in [2.75, 3.05) is 7.11 Å². The van der Waals surface area contributed by atoms with Crippen molar-refractivity contribution in [1.29, 1.82) is 0 Å². The Labute approximate surface area is 195 Å². The molecule has 33 heavy (non-hydrogen) atoms. The largest absolute Gasteiger partial charge is 0.497 e. The number of fused-ring (bicyclic) bond motifs is 1. The van der Waals surface area contributed by atoms with Gasteiger partial charge in [-0.2, -0.15) is 5.01 Å². The predicted molar refractivity (Wildman–Crippen MR) is 121 cm³/mol. The van der Waals surface area contributed by atoms with E-state index in [0.717, 1.165) is 10.0 Å². The molecule has 0 saturated heterocycles. The minimum absolute atomic E-state index is 0.167. The third-order valence-corrected chi connectivity index (χ3v) is 5.66. The van der Waals surface area contributed by atoms with Crippen molar-refractivity contribution in [3.05, 3.63) is 100 Å². The summed E-state index contributed by atoms with van der Waals surface area (Å²) in [5, 5.41) is 2.08. The number of benzene rings is 3. The fourth-order valence-corrected chi connectivity index (χ4v) is 3.77. The van der Waals surface area contributed by atoms with Crippen LogP contribution >= 0.6 is 11.6 Å². The van der Waals surface area contributed by atoms with Crippen LogP contribution in [0.4, 0.5) is 0 Å². The lowest BCUT2D eigenvalue weighted by molar-refractivity contribution is -0.00680. The fourth-order valence-electron chi connectivity index (χ4n) is 3.64. The second-order valence-electron chi connectivity index (χ2n) is 7.39. The second-order valence-corrected chi connectivity index (χ2v) is 7.83. The van der Waals surface area contributed by atoms with Gasteiger partial charge in [-0.3, -0.25) is 19.2 Å². The summed E-state index contributed by atoms with van der Waals surface area (Å²) >= 11 is 5.94. The van der Waals surface area contributed by atoms with E-state index in [1.54, 1.807) is 36.4 Å². The minimum Gasteiger partial charge on any atom is -0.497 e. The zero-order valence-electron chi connectivity index (χ0n) is 17.8. The highest BCUT2D eigenvalue weighted by molar-refractivity contribution is 6.30. The van der Waals surface area contributed by atoms with Gasteiger partial charge in [0.1, 0.15) is 11.8 Å². The van der Waals surface area contributed by atoms with E-state index < -0.39 is 29.5 Å². The maximum atomic E-state index is 13.5. The SMILES string of the molecule is COc1ccc(C(=O)[C@H](C)N(C(=O)c2ccc(Cl)cc2)N2C(=O)c3ccccc3C2=O)cc1. The van der Waals surface area contributed by atoms with Crippen LogP contribution in [0.5, 0.6) is 5.75 Å². The maximum Gasteiger partial charge on any atom is 0.280 e. The molecule has 0 unspecified atom stereocenters. The first-order valence-corrected chi connectivity index (χ1v) is 10.5. The predicted octanol–water partition coefficient (Wildman–Crippen LogP) is 4.27. The number of Topliss-reactive ketones (excluding diaryl/α,β-unsaturated/α-hetero) is 1. The number of hydrogen-bond acceptors (Lipinski definition) is 5. The van der Waals surface area contributed by atoms with E-state index in [4.69, 9.17) is 16.3 Å². The molecule has 1 heterocycles. The van der Waals surface area contributed by atoms with Crippen LogP contribution in [0, 0.1) is 0 Å². The molecular formula is C25H19ClN2O5. The topological polar surface area (TPSA) is 84.0 Å². The van der Waals surface area contributed by atoms with Gasteiger partial charge in [-0.05, 0) is 67.6 Å². The first-order chi connectivity index (χ1) is 15.8. The molecule has 3 aromatic carbocycles. The lowest BCUT2D eigenvalue weighted by Crippen LogP contribution is -2.56. The number of ether oxygens (including phenoxy) is 1. The molecule has 0 aromatic heterocycles. The smallest absolute Gasteiger partial charge is 0.280 e. The number of hydrogen-bond donors (Lipinski definition) is 0. The van der Waals surface area contributed by atoms with E-state index in [2.05, 4.69) is 0 Å². The molecule has 1 aliphatic heterocycles. The molecule has 0 fully saturated rings. The van der Waals surface area contributed by atoms with Gasteiger partial charge in [-0.25, -0.2) is 5.01 Å². The van der Waals surface area contributed by atoms with E-state index in [1.807, 2.05) is 0 Å². The number of imide groups is 1. The van der Waals surface area contributed by atoms with Gasteiger partial charge in [0.05, 0.1) is 18.2 Å². The highest BCUT2D eigenvalue weighted by atomic mass is 35.5. The van der Waals surface area contributed by atoms with Crippen LogP contribution in [0.3, 0.4) is 0 Å².